The van der Waals surface area contributed by atoms with Gasteiger partial charge >= 0.3 is 0 Å². The van der Waals surface area contributed by atoms with Crippen LogP contribution in [0.2, 0.25) is 0 Å². The molecular weight excluding hydrogens is 388 g/mol. The largest absolute Gasteiger partial charge is 0.497 e. The fourth-order valence-corrected chi connectivity index (χ4v) is 4.13. The first kappa shape index (κ1) is 21.7. The van der Waals surface area contributed by atoms with Crippen molar-refractivity contribution >= 4 is 17.7 Å². The molecule has 1 N–H and O–H groups in total. The number of aromatic nitrogens is 2. The number of benzene rings is 1. The summed E-state index contributed by atoms with van der Waals surface area (Å²) in [5.74, 6) is 1.74. The van der Waals surface area contributed by atoms with Crippen molar-refractivity contribution in [2.75, 3.05) is 45.6 Å². The van der Waals surface area contributed by atoms with Gasteiger partial charge in [-0.2, -0.15) is 0 Å². The van der Waals surface area contributed by atoms with Crippen molar-refractivity contribution in [2.45, 2.75) is 25.1 Å². The molecule has 158 valence electrons. The molecule has 29 heavy (non-hydrogen) atoms. The number of ether oxygens (including phenoxy) is 2. The second-order valence-electron chi connectivity index (χ2n) is 7.52. The first-order chi connectivity index (χ1) is 14.0. The molecule has 1 amide bonds. The minimum absolute atomic E-state index is 0.0103. The van der Waals surface area contributed by atoms with Gasteiger partial charge in [0.2, 0.25) is 5.91 Å². The Morgan fingerprint density at radius 1 is 1.38 bits per heavy atom. The third kappa shape index (κ3) is 6.48. The summed E-state index contributed by atoms with van der Waals surface area (Å²) in [6, 6.07) is 7.74. The molecule has 3 rings (SSSR count). The average molecular weight is 419 g/mol. The van der Waals surface area contributed by atoms with Gasteiger partial charge in [0, 0.05) is 44.3 Å². The second-order valence-corrected chi connectivity index (χ2v) is 8.46. The highest BCUT2D eigenvalue weighted by Gasteiger charge is 2.21. The van der Waals surface area contributed by atoms with E-state index in [-0.39, 0.29) is 12.0 Å². The van der Waals surface area contributed by atoms with Crippen molar-refractivity contribution in [3.63, 3.8) is 0 Å². The Balaban J connectivity index is 1.46. The Hall–Kier alpha value is -2.03. The summed E-state index contributed by atoms with van der Waals surface area (Å²) < 4.78 is 13.0. The highest BCUT2D eigenvalue weighted by atomic mass is 32.2. The van der Waals surface area contributed by atoms with Crippen LogP contribution in [0, 0.1) is 5.92 Å². The lowest BCUT2D eigenvalue weighted by atomic mass is 10.2. The molecule has 0 radical (unpaired) electrons. The maximum Gasteiger partial charge on any atom is 0.230 e. The number of carbonyl (C=O) groups excluding carboxylic acids is 1. The number of nitrogens with zero attached hydrogens (tertiary/aromatic N) is 3. The van der Waals surface area contributed by atoms with Crippen molar-refractivity contribution in [2.24, 2.45) is 5.92 Å². The molecule has 1 atom stereocenters. The van der Waals surface area contributed by atoms with E-state index in [9.17, 15) is 4.79 Å². The van der Waals surface area contributed by atoms with E-state index in [4.69, 9.17) is 9.47 Å². The first-order valence-corrected chi connectivity index (χ1v) is 10.9. The Morgan fingerprint density at radius 3 is 2.90 bits per heavy atom. The zero-order valence-corrected chi connectivity index (χ0v) is 18.2. The lowest BCUT2D eigenvalue weighted by molar-refractivity contribution is -0.119. The van der Waals surface area contributed by atoms with E-state index in [1.807, 2.05) is 35.0 Å². The van der Waals surface area contributed by atoms with Crippen molar-refractivity contribution in [1.29, 1.82) is 0 Å². The van der Waals surface area contributed by atoms with Crippen LogP contribution in [0.4, 0.5) is 0 Å². The maximum absolute atomic E-state index is 12.3. The van der Waals surface area contributed by atoms with Crippen LogP contribution in [0.1, 0.15) is 13.8 Å². The summed E-state index contributed by atoms with van der Waals surface area (Å²) in [5, 5.41) is 3.78. The Bertz CT molecular complexity index is 778. The van der Waals surface area contributed by atoms with Crippen molar-refractivity contribution < 1.29 is 14.3 Å². The standard InChI is InChI=1S/C21H30N4O3S/c1-16(2)13-24-10-11-28-19(14-24)12-23-20(26)15-29-21-22-8-9-25(21)17-4-6-18(27-3)7-5-17/h4-9,16,19H,10-15H2,1-3H3,(H,23,26)/t19-/m1/s1. The van der Waals surface area contributed by atoms with E-state index < -0.39 is 0 Å². The molecule has 1 saturated heterocycles. The SMILES string of the molecule is COc1ccc(-n2ccnc2SCC(=O)NC[C@@H]2CN(CC(C)C)CCO2)cc1. The van der Waals surface area contributed by atoms with Crippen LogP contribution in [-0.2, 0) is 9.53 Å². The summed E-state index contributed by atoms with van der Waals surface area (Å²) in [6.45, 7) is 8.61. The van der Waals surface area contributed by atoms with Gasteiger partial charge in [-0.1, -0.05) is 25.6 Å². The third-order valence-electron chi connectivity index (χ3n) is 4.66. The predicted molar refractivity (Wildman–Crippen MR) is 115 cm³/mol. The molecule has 0 aliphatic carbocycles. The van der Waals surface area contributed by atoms with Gasteiger partial charge in [-0.05, 0) is 30.2 Å². The summed E-state index contributed by atoms with van der Waals surface area (Å²) in [7, 11) is 1.65. The molecule has 1 aromatic carbocycles. The average Bonchev–Trinajstić information content (AvgIpc) is 3.19. The summed E-state index contributed by atoms with van der Waals surface area (Å²) in [6.07, 6.45) is 3.68. The molecule has 7 nitrogen and oxygen atoms in total. The van der Waals surface area contributed by atoms with Crippen LogP contribution in [0.15, 0.2) is 41.8 Å². The number of hydrogen-bond acceptors (Lipinski definition) is 6. The van der Waals surface area contributed by atoms with E-state index in [2.05, 4.69) is 29.0 Å². The molecule has 0 unspecified atom stereocenters. The van der Waals surface area contributed by atoms with Gasteiger partial charge in [0.1, 0.15) is 5.75 Å². The molecule has 1 aliphatic heterocycles. The van der Waals surface area contributed by atoms with Gasteiger partial charge < -0.3 is 14.8 Å². The van der Waals surface area contributed by atoms with Crippen LogP contribution in [-0.4, -0.2) is 72.1 Å². The predicted octanol–water partition coefficient (Wildman–Crippen LogP) is 2.45. The van der Waals surface area contributed by atoms with E-state index in [0.717, 1.165) is 42.8 Å². The Morgan fingerprint density at radius 2 is 2.17 bits per heavy atom. The number of methoxy groups -OCH3 is 1. The summed E-state index contributed by atoms with van der Waals surface area (Å²) >= 11 is 1.42. The quantitative estimate of drug-likeness (QED) is 0.631. The molecule has 1 aromatic heterocycles. The molecule has 1 fully saturated rings. The van der Waals surface area contributed by atoms with Crippen molar-refractivity contribution in [1.82, 2.24) is 19.8 Å². The number of thioether (sulfide) groups is 1. The van der Waals surface area contributed by atoms with Crippen LogP contribution >= 0.6 is 11.8 Å². The number of imidazole rings is 1. The van der Waals surface area contributed by atoms with E-state index in [0.29, 0.717) is 18.2 Å². The lowest BCUT2D eigenvalue weighted by Crippen LogP contribution is -2.48. The van der Waals surface area contributed by atoms with Crippen molar-refractivity contribution in [3.8, 4) is 11.4 Å². The van der Waals surface area contributed by atoms with Gasteiger partial charge in [-0.3, -0.25) is 14.3 Å². The number of amides is 1. The molecule has 8 heteroatoms. The first-order valence-electron chi connectivity index (χ1n) is 9.96. The highest BCUT2D eigenvalue weighted by molar-refractivity contribution is 7.99. The molecule has 1 aliphatic rings. The highest BCUT2D eigenvalue weighted by Crippen LogP contribution is 2.22. The molecule has 0 saturated carbocycles. The fraction of sp³-hybridized carbons (Fsp3) is 0.524. The number of carbonyl (C=O) groups is 1. The number of hydrogen-bond donors (Lipinski definition) is 1. The van der Waals surface area contributed by atoms with Gasteiger partial charge in [0.05, 0.1) is 25.6 Å². The number of rotatable bonds is 9. The minimum atomic E-state index is -0.0103. The van der Waals surface area contributed by atoms with Crippen LogP contribution in [0.3, 0.4) is 0 Å². The van der Waals surface area contributed by atoms with Gasteiger partial charge in [0.15, 0.2) is 5.16 Å². The van der Waals surface area contributed by atoms with E-state index >= 15 is 0 Å². The zero-order chi connectivity index (χ0) is 20.6. The molecule has 0 spiro atoms. The Kier molecular flexibility index (Phi) is 7.97. The molecule has 2 aromatic rings. The monoisotopic (exact) mass is 418 g/mol. The maximum atomic E-state index is 12.3. The normalized spacial score (nSPS) is 17.4. The van der Waals surface area contributed by atoms with Crippen LogP contribution in [0.25, 0.3) is 5.69 Å². The Labute approximate surface area is 176 Å². The number of morpholine rings is 1. The summed E-state index contributed by atoms with van der Waals surface area (Å²) in [5.41, 5.74) is 0.979. The lowest BCUT2D eigenvalue weighted by Gasteiger charge is -2.33. The minimum Gasteiger partial charge on any atom is -0.497 e. The smallest absolute Gasteiger partial charge is 0.230 e. The van der Waals surface area contributed by atoms with Crippen LogP contribution < -0.4 is 10.1 Å². The van der Waals surface area contributed by atoms with Gasteiger partial charge in [-0.25, -0.2) is 4.98 Å². The van der Waals surface area contributed by atoms with Gasteiger partial charge in [-0.15, -0.1) is 0 Å². The topological polar surface area (TPSA) is 68.6 Å². The zero-order valence-electron chi connectivity index (χ0n) is 17.3. The van der Waals surface area contributed by atoms with E-state index in [1.54, 1.807) is 13.3 Å². The van der Waals surface area contributed by atoms with Crippen molar-refractivity contribution in [3.05, 3.63) is 36.7 Å². The van der Waals surface area contributed by atoms with E-state index in [1.165, 1.54) is 11.8 Å². The fourth-order valence-electron chi connectivity index (χ4n) is 3.33. The molecule has 2 heterocycles. The summed E-state index contributed by atoms with van der Waals surface area (Å²) in [4.78, 5) is 19.1. The molecular formula is C21H30N4O3S. The van der Waals surface area contributed by atoms with Gasteiger partial charge in [0.25, 0.3) is 0 Å². The van der Waals surface area contributed by atoms with Crippen LogP contribution in [0.5, 0.6) is 5.75 Å². The second kappa shape index (κ2) is 10.7. The molecule has 0 bridgehead atoms. The third-order valence-corrected chi connectivity index (χ3v) is 5.63. The number of nitrogens with one attached hydrogen (secondary N) is 1.